The van der Waals surface area contributed by atoms with Gasteiger partial charge in [0.2, 0.25) is 5.88 Å². The van der Waals surface area contributed by atoms with Crippen LogP contribution in [0.15, 0.2) is 17.4 Å². The predicted octanol–water partition coefficient (Wildman–Crippen LogP) is 1.42. The monoisotopic (exact) mass is 221 g/mol. The summed E-state index contributed by atoms with van der Waals surface area (Å²) in [6, 6.07) is 1.81. The Bertz CT molecular complexity index is 414. The van der Waals surface area contributed by atoms with Gasteiger partial charge in [0.1, 0.15) is 6.10 Å². The molecule has 2 rings (SSSR count). The van der Waals surface area contributed by atoms with Crippen molar-refractivity contribution in [3.63, 3.8) is 0 Å². The number of amidine groups is 1. The number of pyridine rings is 1. The van der Waals surface area contributed by atoms with Crippen LogP contribution in [-0.4, -0.2) is 22.1 Å². The summed E-state index contributed by atoms with van der Waals surface area (Å²) in [4.78, 5) is 4.14. The van der Waals surface area contributed by atoms with Gasteiger partial charge in [-0.05, 0) is 37.8 Å². The van der Waals surface area contributed by atoms with Gasteiger partial charge in [-0.2, -0.15) is 0 Å². The van der Waals surface area contributed by atoms with Gasteiger partial charge in [-0.25, -0.2) is 4.98 Å². The molecule has 1 fully saturated rings. The highest BCUT2D eigenvalue weighted by Crippen LogP contribution is 2.27. The number of ether oxygens (including phenoxy) is 1. The smallest absolute Gasteiger partial charge is 0.225 e. The number of hydrogen-bond acceptors (Lipinski definition) is 4. The van der Waals surface area contributed by atoms with E-state index in [4.69, 9.17) is 15.7 Å². The van der Waals surface area contributed by atoms with Gasteiger partial charge in [0, 0.05) is 6.20 Å². The van der Waals surface area contributed by atoms with E-state index >= 15 is 0 Å². The van der Waals surface area contributed by atoms with E-state index in [-0.39, 0.29) is 11.9 Å². The fourth-order valence-electron chi connectivity index (χ4n) is 1.63. The van der Waals surface area contributed by atoms with Gasteiger partial charge in [-0.1, -0.05) is 5.16 Å². The Morgan fingerprint density at radius 2 is 2.38 bits per heavy atom. The number of oxime groups is 1. The highest BCUT2D eigenvalue weighted by Gasteiger charge is 2.22. The second-order valence-electron chi connectivity index (χ2n) is 3.96. The summed E-state index contributed by atoms with van der Waals surface area (Å²) in [5.74, 6) is 0.500. The van der Waals surface area contributed by atoms with Crippen LogP contribution < -0.4 is 10.5 Å². The molecule has 5 heteroatoms. The molecule has 1 saturated carbocycles. The molecule has 5 nitrogen and oxygen atoms in total. The zero-order valence-corrected chi connectivity index (χ0v) is 9.18. The Balaban J connectivity index is 2.31. The first kappa shape index (κ1) is 10.7. The van der Waals surface area contributed by atoms with Crippen molar-refractivity contribution in [1.29, 1.82) is 0 Å². The van der Waals surface area contributed by atoms with E-state index in [1.54, 1.807) is 12.3 Å². The third-order valence-electron chi connectivity index (χ3n) is 2.82. The Morgan fingerprint density at radius 3 is 2.94 bits per heavy atom. The first-order chi connectivity index (χ1) is 7.72. The first-order valence-corrected chi connectivity index (χ1v) is 5.32. The molecule has 0 atom stereocenters. The van der Waals surface area contributed by atoms with Crippen molar-refractivity contribution in [2.24, 2.45) is 10.9 Å². The maximum absolute atomic E-state index is 8.72. The van der Waals surface area contributed by atoms with Gasteiger partial charge >= 0.3 is 0 Å². The van der Waals surface area contributed by atoms with Crippen LogP contribution in [0.1, 0.15) is 30.4 Å². The second-order valence-corrected chi connectivity index (χ2v) is 3.96. The minimum Gasteiger partial charge on any atom is -0.474 e. The molecule has 1 aromatic heterocycles. The molecule has 16 heavy (non-hydrogen) atoms. The summed E-state index contributed by atoms with van der Waals surface area (Å²) in [5.41, 5.74) is 7.08. The summed E-state index contributed by atoms with van der Waals surface area (Å²) in [6.07, 6.45) is 5.17. The average Bonchev–Trinajstić information content (AvgIpc) is 2.22. The first-order valence-electron chi connectivity index (χ1n) is 5.32. The molecule has 0 amide bonds. The quantitative estimate of drug-likeness (QED) is 0.350. The van der Waals surface area contributed by atoms with Crippen LogP contribution in [0, 0.1) is 6.92 Å². The highest BCUT2D eigenvalue weighted by molar-refractivity contribution is 6.00. The maximum Gasteiger partial charge on any atom is 0.225 e. The zero-order valence-electron chi connectivity index (χ0n) is 9.18. The molecule has 0 aromatic carbocycles. The summed E-state index contributed by atoms with van der Waals surface area (Å²) in [7, 11) is 0. The number of aryl methyl sites for hydroxylation is 1. The largest absolute Gasteiger partial charge is 0.474 e. The molecule has 1 aromatic rings. The minimum atomic E-state index is 0.0416. The van der Waals surface area contributed by atoms with Crippen LogP contribution >= 0.6 is 0 Å². The standard InChI is InChI=1S/C11H15N3O2/c1-7-5-6-13-11(9(7)10(12)14-15)16-8-3-2-4-8/h5-6,8,15H,2-4H2,1H3,(H2,12,14). The van der Waals surface area contributed by atoms with Crippen molar-refractivity contribution < 1.29 is 9.94 Å². The van der Waals surface area contributed by atoms with E-state index in [9.17, 15) is 0 Å². The molecule has 0 bridgehead atoms. The van der Waals surface area contributed by atoms with Crippen molar-refractivity contribution in [2.75, 3.05) is 0 Å². The lowest BCUT2D eigenvalue weighted by Crippen LogP contribution is -2.27. The zero-order chi connectivity index (χ0) is 11.5. The number of hydrogen-bond donors (Lipinski definition) is 2. The van der Waals surface area contributed by atoms with E-state index in [2.05, 4.69) is 10.1 Å². The molecule has 0 aliphatic heterocycles. The highest BCUT2D eigenvalue weighted by atomic mass is 16.5. The van der Waals surface area contributed by atoms with E-state index in [0.717, 1.165) is 18.4 Å². The Hall–Kier alpha value is -1.78. The molecule has 1 heterocycles. The van der Waals surface area contributed by atoms with Gasteiger partial charge in [0.05, 0.1) is 5.56 Å². The summed E-state index contributed by atoms with van der Waals surface area (Å²) in [6.45, 7) is 1.88. The van der Waals surface area contributed by atoms with Crippen molar-refractivity contribution in [3.05, 3.63) is 23.4 Å². The van der Waals surface area contributed by atoms with Crippen molar-refractivity contribution in [2.45, 2.75) is 32.3 Å². The molecule has 1 aliphatic carbocycles. The van der Waals surface area contributed by atoms with Crippen LogP contribution in [-0.2, 0) is 0 Å². The van der Waals surface area contributed by atoms with Crippen LogP contribution in [0.3, 0.4) is 0 Å². The molecule has 0 spiro atoms. The van der Waals surface area contributed by atoms with Crippen molar-refractivity contribution in [3.8, 4) is 5.88 Å². The minimum absolute atomic E-state index is 0.0416. The summed E-state index contributed by atoms with van der Waals surface area (Å²) >= 11 is 0. The van der Waals surface area contributed by atoms with Crippen LogP contribution in [0.25, 0.3) is 0 Å². The molecule has 0 saturated heterocycles. The molecule has 0 unspecified atom stereocenters. The fourth-order valence-corrected chi connectivity index (χ4v) is 1.63. The molecular formula is C11H15N3O2. The summed E-state index contributed by atoms with van der Waals surface area (Å²) < 4.78 is 5.70. The lowest BCUT2D eigenvalue weighted by molar-refractivity contribution is 0.114. The summed E-state index contributed by atoms with van der Waals surface area (Å²) in [5, 5.41) is 11.7. The van der Waals surface area contributed by atoms with Gasteiger partial charge in [0.15, 0.2) is 5.84 Å². The van der Waals surface area contributed by atoms with Crippen molar-refractivity contribution in [1.82, 2.24) is 4.98 Å². The molecule has 1 aliphatic rings. The molecule has 86 valence electrons. The number of nitrogens with two attached hydrogens (primary N) is 1. The van der Waals surface area contributed by atoms with E-state index in [1.807, 2.05) is 6.92 Å². The fraction of sp³-hybridized carbons (Fsp3) is 0.455. The third-order valence-corrected chi connectivity index (χ3v) is 2.82. The number of rotatable bonds is 3. The number of aromatic nitrogens is 1. The lowest BCUT2D eigenvalue weighted by atomic mass is 9.96. The maximum atomic E-state index is 8.72. The Labute approximate surface area is 93.9 Å². The second kappa shape index (κ2) is 4.38. The van der Waals surface area contributed by atoms with Gasteiger partial charge in [0.25, 0.3) is 0 Å². The average molecular weight is 221 g/mol. The topological polar surface area (TPSA) is 80.7 Å². The van der Waals surface area contributed by atoms with Crippen LogP contribution in [0.5, 0.6) is 5.88 Å². The van der Waals surface area contributed by atoms with E-state index < -0.39 is 0 Å². The Kier molecular flexibility index (Phi) is 2.94. The van der Waals surface area contributed by atoms with Crippen molar-refractivity contribution >= 4 is 5.84 Å². The van der Waals surface area contributed by atoms with Gasteiger partial charge in [-0.3, -0.25) is 0 Å². The van der Waals surface area contributed by atoms with E-state index in [0.29, 0.717) is 11.4 Å². The van der Waals surface area contributed by atoms with E-state index in [1.165, 1.54) is 6.42 Å². The SMILES string of the molecule is Cc1ccnc(OC2CCC2)c1/C(N)=N/O. The normalized spacial score (nSPS) is 16.9. The lowest BCUT2D eigenvalue weighted by Gasteiger charge is -2.26. The predicted molar refractivity (Wildman–Crippen MR) is 59.8 cm³/mol. The molecular weight excluding hydrogens is 206 g/mol. The van der Waals surface area contributed by atoms with Gasteiger partial charge < -0.3 is 15.7 Å². The van der Waals surface area contributed by atoms with Crippen LogP contribution in [0.4, 0.5) is 0 Å². The number of nitrogens with zero attached hydrogens (tertiary/aromatic N) is 2. The van der Waals surface area contributed by atoms with Crippen LogP contribution in [0.2, 0.25) is 0 Å². The molecule has 0 radical (unpaired) electrons. The third kappa shape index (κ3) is 1.93. The van der Waals surface area contributed by atoms with Gasteiger partial charge in [-0.15, -0.1) is 0 Å². The molecule has 3 N–H and O–H groups in total. The Morgan fingerprint density at radius 1 is 1.62 bits per heavy atom.